The zero-order chi connectivity index (χ0) is 11.4. The Balaban J connectivity index is 2.07. The van der Waals surface area contributed by atoms with E-state index in [0.717, 1.165) is 17.1 Å². The van der Waals surface area contributed by atoms with E-state index in [4.69, 9.17) is 10.5 Å². The van der Waals surface area contributed by atoms with Crippen LogP contribution < -0.4 is 5.73 Å². The molecule has 2 rings (SSSR count). The molecule has 0 saturated carbocycles. The van der Waals surface area contributed by atoms with Crippen molar-refractivity contribution >= 4 is 22.7 Å². The highest BCUT2D eigenvalue weighted by Gasteiger charge is 2.11. The molecule has 5 heteroatoms. The SMILES string of the molecule is COCCC(N)c1csc(-c2cccs2)n1. The summed E-state index contributed by atoms with van der Waals surface area (Å²) in [6.07, 6.45) is 0.810. The highest BCUT2D eigenvalue weighted by Crippen LogP contribution is 2.29. The lowest BCUT2D eigenvalue weighted by Crippen LogP contribution is -2.12. The van der Waals surface area contributed by atoms with Crippen LogP contribution >= 0.6 is 22.7 Å². The minimum Gasteiger partial charge on any atom is -0.385 e. The number of thiophene rings is 1. The summed E-state index contributed by atoms with van der Waals surface area (Å²) in [5.74, 6) is 0. The molecule has 0 spiro atoms. The Kier molecular flexibility index (Phi) is 4.06. The molecule has 3 nitrogen and oxygen atoms in total. The number of hydrogen-bond acceptors (Lipinski definition) is 5. The predicted molar refractivity (Wildman–Crippen MR) is 68.8 cm³/mol. The molecule has 2 aromatic heterocycles. The summed E-state index contributed by atoms with van der Waals surface area (Å²) in [4.78, 5) is 5.76. The fraction of sp³-hybridized carbons (Fsp3) is 0.364. The summed E-state index contributed by atoms with van der Waals surface area (Å²) in [6.45, 7) is 0.674. The van der Waals surface area contributed by atoms with Gasteiger partial charge in [0.25, 0.3) is 0 Å². The van der Waals surface area contributed by atoms with Crippen LogP contribution in [0, 0.1) is 0 Å². The van der Waals surface area contributed by atoms with Crippen molar-refractivity contribution in [2.75, 3.05) is 13.7 Å². The summed E-state index contributed by atoms with van der Waals surface area (Å²) < 4.78 is 5.01. The van der Waals surface area contributed by atoms with E-state index < -0.39 is 0 Å². The highest BCUT2D eigenvalue weighted by molar-refractivity contribution is 7.20. The van der Waals surface area contributed by atoms with Gasteiger partial charge in [0, 0.05) is 19.1 Å². The molecule has 2 heterocycles. The van der Waals surface area contributed by atoms with E-state index in [1.807, 2.05) is 11.4 Å². The van der Waals surface area contributed by atoms with Crippen LogP contribution in [0.25, 0.3) is 9.88 Å². The standard InChI is InChI=1S/C11H14N2OS2/c1-14-5-4-8(12)9-7-16-11(13-9)10-3-2-6-15-10/h2-3,6-8H,4-5,12H2,1H3. The number of nitrogens with zero attached hydrogens (tertiary/aromatic N) is 1. The third-order valence-electron chi connectivity index (χ3n) is 2.27. The summed E-state index contributed by atoms with van der Waals surface area (Å²) in [6, 6.07) is 4.09. The maximum absolute atomic E-state index is 6.02. The van der Waals surface area contributed by atoms with Crippen LogP contribution in [-0.4, -0.2) is 18.7 Å². The topological polar surface area (TPSA) is 48.1 Å². The Hall–Kier alpha value is -0.750. The fourth-order valence-corrected chi connectivity index (χ4v) is 3.06. The van der Waals surface area contributed by atoms with E-state index >= 15 is 0 Å². The monoisotopic (exact) mass is 254 g/mol. The zero-order valence-electron chi connectivity index (χ0n) is 9.05. The van der Waals surface area contributed by atoms with Crippen LogP contribution in [0.1, 0.15) is 18.2 Å². The maximum Gasteiger partial charge on any atom is 0.133 e. The second kappa shape index (κ2) is 5.54. The Labute approximate surface area is 103 Å². The summed E-state index contributed by atoms with van der Waals surface area (Å²) in [5.41, 5.74) is 6.98. The number of nitrogens with two attached hydrogens (primary N) is 1. The lowest BCUT2D eigenvalue weighted by Gasteiger charge is -2.06. The van der Waals surface area contributed by atoms with Gasteiger partial charge in [0.05, 0.1) is 16.6 Å². The molecule has 0 bridgehead atoms. The van der Waals surface area contributed by atoms with Gasteiger partial charge < -0.3 is 10.5 Å². The number of thiazole rings is 1. The average molecular weight is 254 g/mol. The van der Waals surface area contributed by atoms with Crippen molar-refractivity contribution in [1.29, 1.82) is 0 Å². The first-order valence-corrected chi connectivity index (χ1v) is 6.81. The van der Waals surface area contributed by atoms with Gasteiger partial charge in [-0.15, -0.1) is 22.7 Å². The lowest BCUT2D eigenvalue weighted by molar-refractivity contribution is 0.188. The molecule has 0 aliphatic heterocycles. The van der Waals surface area contributed by atoms with Crippen molar-refractivity contribution in [2.45, 2.75) is 12.5 Å². The summed E-state index contributed by atoms with van der Waals surface area (Å²) in [5, 5.41) is 5.15. The van der Waals surface area contributed by atoms with Crippen molar-refractivity contribution in [2.24, 2.45) is 5.73 Å². The number of ether oxygens (including phenoxy) is 1. The molecule has 1 unspecified atom stereocenters. The van der Waals surface area contributed by atoms with E-state index in [9.17, 15) is 0 Å². The molecule has 0 aliphatic rings. The van der Waals surface area contributed by atoms with E-state index in [-0.39, 0.29) is 6.04 Å². The number of methoxy groups -OCH3 is 1. The maximum atomic E-state index is 6.02. The van der Waals surface area contributed by atoms with Crippen molar-refractivity contribution in [3.8, 4) is 9.88 Å². The number of hydrogen-bond donors (Lipinski definition) is 1. The van der Waals surface area contributed by atoms with Crippen molar-refractivity contribution in [3.63, 3.8) is 0 Å². The van der Waals surface area contributed by atoms with Crippen molar-refractivity contribution in [3.05, 3.63) is 28.6 Å². The average Bonchev–Trinajstić information content (AvgIpc) is 2.94. The Morgan fingerprint density at radius 3 is 3.06 bits per heavy atom. The predicted octanol–water partition coefficient (Wildman–Crippen LogP) is 2.91. The smallest absolute Gasteiger partial charge is 0.133 e. The molecule has 16 heavy (non-hydrogen) atoms. The molecular weight excluding hydrogens is 240 g/mol. The van der Waals surface area contributed by atoms with Gasteiger partial charge in [0.1, 0.15) is 5.01 Å². The minimum absolute atomic E-state index is 0.0232. The minimum atomic E-state index is -0.0232. The van der Waals surface area contributed by atoms with Gasteiger partial charge in [0.15, 0.2) is 0 Å². The Morgan fingerprint density at radius 2 is 2.38 bits per heavy atom. The van der Waals surface area contributed by atoms with Gasteiger partial charge >= 0.3 is 0 Å². The van der Waals surface area contributed by atoms with Crippen molar-refractivity contribution < 1.29 is 4.74 Å². The van der Waals surface area contributed by atoms with E-state index in [0.29, 0.717) is 6.61 Å². The second-order valence-corrected chi connectivity index (χ2v) is 5.25. The third kappa shape index (κ3) is 2.68. The van der Waals surface area contributed by atoms with Gasteiger partial charge in [0.2, 0.25) is 0 Å². The lowest BCUT2D eigenvalue weighted by atomic mass is 10.2. The molecule has 2 aromatic rings. The molecule has 1 atom stereocenters. The Bertz CT molecular complexity index is 425. The molecule has 86 valence electrons. The molecule has 0 amide bonds. The van der Waals surface area contributed by atoms with Gasteiger partial charge in [-0.1, -0.05) is 6.07 Å². The largest absolute Gasteiger partial charge is 0.385 e. The first-order valence-electron chi connectivity index (χ1n) is 5.05. The molecule has 2 N–H and O–H groups in total. The van der Waals surface area contributed by atoms with E-state index in [1.54, 1.807) is 29.8 Å². The molecule has 0 fully saturated rings. The first-order chi connectivity index (χ1) is 7.81. The van der Waals surface area contributed by atoms with Gasteiger partial charge in [-0.25, -0.2) is 4.98 Å². The molecule has 0 aliphatic carbocycles. The van der Waals surface area contributed by atoms with Gasteiger partial charge in [-0.05, 0) is 17.9 Å². The quantitative estimate of drug-likeness (QED) is 0.892. The summed E-state index contributed by atoms with van der Waals surface area (Å²) in [7, 11) is 1.69. The van der Waals surface area contributed by atoms with Gasteiger partial charge in [-0.2, -0.15) is 0 Å². The fourth-order valence-electron chi connectivity index (χ4n) is 1.36. The molecular formula is C11H14N2OS2. The van der Waals surface area contributed by atoms with E-state index in [2.05, 4.69) is 16.4 Å². The second-order valence-electron chi connectivity index (χ2n) is 3.44. The first kappa shape index (κ1) is 11.7. The van der Waals surface area contributed by atoms with Crippen LogP contribution in [0.5, 0.6) is 0 Å². The van der Waals surface area contributed by atoms with Crippen LogP contribution in [0.15, 0.2) is 22.9 Å². The van der Waals surface area contributed by atoms with Crippen LogP contribution in [-0.2, 0) is 4.74 Å². The normalized spacial score (nSPS) is 12.9. The Morgan fingerprint density at radius 1 is 1.50 bits per heavy atom. The van der Waals surface area contributed by atoms with Crippen molar-refractivity contribution in [1.82, 2.24) is 4.98 Å². The number of aromatic nitrogens is 1. The molecule has 0 radical (unpaired) electrons. The third-order valence-corrected chi connectivity index (χ3v) is 4.17. The highest BCUT2D eigenvalue weighted by atomic mass is 32.1. The van der Waals surface area contributed by atoms with Crippen LogP contribution in [0.4, 0.5) is 0 Å². The van der Waals surface area contributed by atoms with E-state index in [1.165, 1.54) is 4.88 Å². The molecule has 0 saturated heterocycles. The summed E-state index contributed by atoms with van der Waals surface area (Å²) >= 11 is 3.35. The number of rotatable bonds is 5. The van der Waals surface area contributed by atoms with Crippen LogP contribution in [0.3, 0.4) is 0 Å². The van der Waals surface area contributed by atoms with Crippen LogP contribution in [0.2, 0.25) is 0 Å². The molecule has 0 aromatic carbocycles. The van der Waals surface area contributed by atoms with Gasteiger partial charge in [-0.3, -0.25) is 0 Å². The zero-order valence-corrected chi connectivity index (χ0v) is 10.7.